The minimum Gasteiger partial charge on any atom is -0.480 e. The van der Waals surface area contributed by atoms with Crippen LogP contribution in [0, 0.1) is 0 Å². The second-order valence-corrected chi connectivity index (χ2v) is 6.77. The summed E-state index contributed by atoms with van der Waals surface area (Å²) in [6, 6.07) is 9.53. The highest BCUT2D eigenvalue weighted by Crippen LogP contribution is 2.28. The second kappa shape index (κ2) is 8.07. The number of carboxylic acids is 1. The SMILES string of the molecule is O=C(NC1(C(=O)O)CCCCCC1)c1cccc(NC(=O)c2ccco2)c1. The molecule has 1 heterocycles. The fraction of sp³-hybridized carbons (Fsp3) is 0.350. The Morgan fingerprint density at radius 2 is 1.70 bits per heavy atom. The first-order valence-electron chi connectivity index (χ1n) is 9.01. The Morgan fingerprint density at radius 1 is 0.963 bits per heavy atom. The van der Waals surface area contributed by atoms with Crippen molar-refractivity contribution < 1.29 is 23.9 Å². The third kappa shape index (κ3) is 4.36. The first-order chi connectivity index (χ1) is 13.0. The van der Waals surface area contributed by atoms with Crippen LogP contribution in [0.5, 0.6) is 0 Å². The number of amides is 2. The molecule has 2 aromatic rings. The summed E-state index contributed by atoms with van der Waals surface area (Å²) in [5, 5.41) is 15.1. The molecule has 1 aliphatic rings. The van der Waals surface area contributed by atoms with Crippen molar-refractivity contribution >= 4 is 23.5 Å². The van der Waals surface area contributed by atoms with E-state index in [9.17, 15) is 19.5 Å². The van der Waals surface area contributed by atoms with Gasteiger partial charge in [-0.2, -0.15) is 0 Å². The highest BCUT2D eigenvalue weighted by Gasteiger charge is 2.40. The lowest BCUT2D eigenvalue weighted by atomic mass is 9.90. The molecule has 27 heavy (non-hydrogen) atoms. The van der Waals surface area contributed by atoms with Crippen LogP contribution in [0.1, 0.15) is 59.4 Å². The molecule has 0 radical (unpaired) electrons. The van der Waals surface area contributed by atoms with Crippen molar-refractivity contribution in [3.8, 4) is 0 Å². The van der Waals surface area contributed by atoms with Gasteiger partial charge in [-0.3, -0.25) is 9.59 Å². The molecule has 1 aromatic heterocycles. The van der Waals surface area contributed by atoms with E-state index in [2.05, 4.69) is 10.6 Å². The van der Waals surface area contributed by atoms with Crippen LogP contribution in [0.2, 0.25) is 0 Å². The minimum atomic E-state index is -1.24. The molecule has 0 saturated heterocycles. The van der Waals surface area contributed by atoms with Crippen LogP contribution in [-0.4, -0.2) is 28.4 Å². The Hall–Kier alpha value is -3.09. The average molecular weight is 370 g/mol. The number of benzene rings is 1. The number of furan rings is 1. The maximum Gasteiger partial charge on any atom is 0.329 e. The van der Waals surface area contributed by atoms with Crippen molar-refractivity contribution in [1.82, 2.24) is 5.32 Å². The van der Waals surface area contributed by atoms with Gasteiger partial charge in [-0.15, -0.1) is 0 Å². The number of anilines is 1. The zero-order valence-electron chi connectivity index (χ0n) is 14.9. The summed E-state index contributed by atoms with van der Waals surface area (Å²) in [6.45, 7) is 0. The third-order valence-corrected chi connectivity index (χ3v) is 4.85. The molecule has 142 valence electrons. The molecular formula is C20H22N2O5. The van der Waals surface area contributed by atoms with Gasteiger partial charge in [-0.1, -0.05) is 31.7 Å². The summed E-state index contributed by atoms with van der Waals surface area (Å²) in [4.78, 5) is 36.6. The van der Waals surface area contributed by atoms with Crippen LogP contribution in [0.4, 0.5) is 5.69 Å². The van der Waals surface area contributed by atoms with Crippen molar-refractivity contribution in [3.63, 3.8) is 0 Å². The minimum absolute atomic E-state index is 0.160. The molecule has 3 N–H and O–H groups in total. The molecule has 1 saturated carbocycles. The molecule has 1 aliphatic carbocycles. The summed E-state index contributed by atoms with van der Waals surface area (Å²) in [6.07, 6.45) is 5.72. The number of carboxylic acid groups (broad SMARTS) is 1. The predicted molar refractivity (Wildman–Crippen MR) is 98.6 cm³/mol. The van der Waals surface area contributed by atoms with Gasteiger partial charge in [0.2, 0.25) is 0 Å². The largest absolute Gasteiger partial charge is 0.480 e. The number of rotatable bonds is 5. The van der Waals surface area contributed by atoms with Crippen molar-refractivity contribution in [2.24, 2.45) is 0 Å². The molecule has 7 heteroatoms. The van der Waals surface area contributed by atoms with E-state index in [0.717, 1.165) is 25.7 Å². The monoisotopic (exact) mass is 370 g/mol. The zero-order chi connectivity index (χ0) is 19.3. The molecule has 0 atom stereocenters. The van der Waals surface area contributed by atoms with Crippen LogP contribution in [0.25, 0.3) is 0 Å². The Balaban J connectivity index is 1.74. The Bertz CT molecular complexity index is 821. The molecule has 0 unspecified atom stereocenters. The number of aliphatic carboxylic acids is 1. The van der Waals surface area contributed by atoms with Gasteiger partial charge in [0.05, 0.1) is 6.26 Å². The van der Waals surface area contributed by atoms with Crippen LogP contribution in [0.3, 0.4) is 0 Å². The molecule has 1 aromatic carbocycles. The maximum atomic E-state index is 12.7. The fourth-order valence-corrected chi connectivity index (χ4v) is 3.35. The molecular weight excluding hydrogens is 348 g/mol. The van der Waals surface area contributed by atoms with E-state index in [4.69, 9.17) is 4.42 Å². The van der Waals surface area contributed by atoms with Gasteiger partial charge in [0.25, 0.3) is 11.8 Å². The summed E-state index contributed by atoms with van der Waals surface area (Å²) in [5.74, 6) is -1.73. The van der Waals surface area contributed by atoms with Gasteiger partial charge in [0.1, 0.15) is 5.54 Å². The topological polar surface area (TPSA) is 109 Å². The van der Waals surface area contributed by atoms with E-state index in [1.54, 1.807) is 24.3 Å². The Labute approximate surface area is 156 Å². The highest BCUT2D eigenvalue weighted by molar-refractivity contribution is 6.03. The van der Waals surface area contributed by atoms with Crippen LogP contribution >= 0.6 is 0 Å². The van der Waals surface area contributed by atoms with Gasteiger partial charge in [-0.25, -0.2) is 4.79 Å². The van der Waals surface area contributed by atoms with Crippen LogP contribution in [0.15, 0.2) is 47.1 Å². The lowest BCUT2D eigenvalue weighted by Crippen LogP contribution is -2.54. The number of carbonyl (C=O) groups excluding carboxylic acids is 2. The van der Waals surface area contributed by atoms with E-state index < -0.39 is 23.3 Å². The van der Waals surface area contributed by atoms with Gasteiger partial charge < -0.3 is 20.2 Å². The summed E-state index contributed by atoms with van der Waals surface area (Å²) in [7, 11) is 0. The highest BCUT2D eigenvalue weighted by atomic mass is 16.4. The number of hydrogen-bond donors (Lipinski definition) is 3. The number of nitrogens with one attached hydrogen (secondary N) is 2. The zero-order valence-corrected chi connectivity index (χ0v) is 14.9. The fourth-order valence-electron chi connectivity index (χ4n) is 3.35. The molecule has 7 nitrogen and oxygen atoms in total. The molecule has 0 spiro atoms. The standard InChI is InChI=1S/C20H22N2O5/c23-17(22-20(19(25)26)10-3-1-2-4-11-20)14-7-5-8-15(13-14)21-18(24)16-9-6-12-27-16/h5-9,12-13H,1-4,10-11H2,(H,21,24)(H,22,23)(H,25,26). The molecule has 3 rings (SSSR count). The van der Waals surface area contributed by atoms with Crippen molar-refractivity contribution in [1.29, 1.82) is 0 Å². The van der Waals surface area contributed by atoms with Crippen LogP contribution < -0.4 is 10.6 Å². The number of hydrogen-bond acceptors (Lipinski definition) is 4. The van der Waals surface area contributed by atoms with E-state index in [0.29, 0.717) is 18.5 Å². The maximum absolute atomic E-state index is 12.7. The first kappa shape index (κ1) is 18.7. The van der Waals surface area contributed by atoms with E-state index in [-0.39, 0.29) is 11.3 Å². The summed E-state index contributed by atoms with van der Waals surface area (Å²) in [5.41, 5.74) is -0.521. The lowest BCUT2D eigenvalue weighted by Gasteiger charge is -2.29. The second-order valence-electron chi connectivity index (χ2n) is 6.77. The van der Waals surface area contributed by atoms with Gasteiger partial charge in [-0.05, 0) is 43.2 Å². The molecule has 1 fully saturated rings. The lowest BCUT2D eigenvalue weighted by molar-refractivity contribution is -0.145. The average Bonchev–Trinajstić information content (AvgIpc) is 3.09. The smallest absolute Gasteiger partial charge is 0.329 e. The van der Waals surface area contributed by atoms with Gasteiger partial charge in [0.15, 0.2) is 5.76 Å². The van der Waals surface area contributed by atoms with E-state index >= 15 is 0 Å². The Morgan fingerprint density at radius 3 is 2.33 bits per heavy atom. The van der Waals surface area contributed by atoms with Gasteiger partial charge in [0, 0.05) is 11.3 Å². The quantitative estimate of drug-likeness (QED) is 0.699. The van der Waals surface area contributed by atoms with Crippen molar-refractivity contribution in [3.05, 3.63) is 54.0 Å². The molecule has 0 aliphatic heterocycles. The van der Waals surface area contributed by atoms with Crippen LogP contribution in [-0.2, 0) is 4.79 Å². The number of carbonyl (C=O) groups is 3. The van der Waals surface area contributed by atoms with Crippen molar-refractivity contribution in [2.75, 3.05) is 5.32 Å². The van der Waals surface area contributed by atoms with Crippen molar-refractivity contribution in [2.45, 2.75) is 44.1 Å². The molecule has 2 amide bonds. The van der Waals surface area contributed by atoms with E-state index in [1.165, 1.54) is 18.4 Å². The third-order valence-electron chi connectivity index (χ3n) is 4.85. The summed E-state index contributed by atoms with van der Waals surface area (Å²) < 4.78 is 5.04. The summed E-state index contributed by atoms with van der Waals surface area (Å²) >= 11 is 0. The van der Waals surface area contributed by atoms with E-state index in [1.807, 2.05) is 0 Å². The van der Waals surface area contributed by atoms with Gasteiger partial charge >= 0.3 is 5.97 Å². The predicted octanol–water partition coefficient (Wildman–Crippen LogP) is 3.44. The normalized spacial score (nSPS) is 16.1. The Kier molecular flexibility index (Phi) is 5.59. The first-order valence-corrected chi connectivity index (χ1v) is 9.01. The molecule has 0 bridgehead atoms.